The predicted octanol–water partition coefficient (Wildman–Crippen LogP) is 9.08. The second-order valence-corrected chi connectivity index (χ2v) is 14.5. The molecule has 0 saturated heterocycles. The van der Waals surface area contributed by atoms with Crippen LogP contribution in [0.25, 0.3) is 0 Å². The van der Waals surface area contributed by atoms with E-state index in [-0.39, 0.29) is 24.5 Å². The molecule has 0 heterocycles. The van der Waals surface area contributed by atoms with Gasteiger partial charge in [0, 0.05) is 12.3 Å². The van der Waals surface area contributed by atoms with Gasteiger partial charge in [0.05, 0.1) is 142 Å². The lowest BCUT2D eigenvalue weighted by Crippen LogP contribution is -2.16. The molecule has 13 nitrogen and oxygen atoms in total. The lowest BCUT2D eigenvalue weighted by molar-refractivity contribution is -0.137. The number of rotatable bonds is 45. The first kappa shape index (κ1) is 56.2. The number of para-hydroxylation sites is 1. The zero-order chi connectivity index (χ0) is 45.2. The summed E-state index contributed by atoms with van der Waals surface area (Å²) >= 11 is 0. The van der Waals surface area contributed by atoms with Crippen molar-refractivity contribution in [3.8, 4) is 0 Å². The molecule has 0 radical (unpaired) electrons. The van der Waals surface area contributed by atoms with Gasteiger partial charge in [0.2, 0.25) is 0 Å². The van der Waals surface area contributed by atoms with Crippen LogP contribution < -0.4 is 5.32 Å². The fourth-order valence-electron chi connectivity index (χ4n) is 5.92. The number of carbonyl (C=O) groups is 1. The van der Waals surface area contributed by atoms with Crippen LogP contribution in [0.3, 0.4) is 0 Å². The summed E-state index contributed by atoms with van der Waals surface area (Å²) in [6.07, 6.45) is 10.2. The second kappa shape index (κ2) is 40.6. The Balaban J connectivity index is 1.22. The molecule has 362 valence electrons. The summed E-state index contributed by atoms with van der Waals surface area (Å²) in [6, 6.07) is 11.2. The van der Waals surface area contributed by atoms with E-state index in [0.717, 1.165) is 25.2 Å². The van der Waals surface area contributed by atoms with Gasteiger partial charge in [-0.15, -0.1) is 0 Å². The summed E-state index contributed by atoms with van der Waals surface area (Å²) in [5.41, 5.74) is -0.0844. The van der Waals surface area contributed by atoms with Crippen molar-refractivity contribution in [2.45, 2.75) is 83.7 Å². The number of carbonyl (C=O) groups excluding carboxylic acids is 1. The zero-order valence-electron chi connectivity index (χ0n) is 37.8. The van der Waals surface area contributed by atoms with E-state index in [1.54, 1.807) is 18.2 Å². The summed E-state index contributed by atoms with van der Waals surface area (Å²) in [6.45, 7) is 11.7. The Bertz CT molecular complexity index is 1340. The van der Waals surface area contributed by atoms with Crippen LogP contribution in [-0.4, -0.2) is 145 Å². The molecule has 0 spiro atoms. The van der Waals surface area contributed by atoms with Crippen LogP contribution in [0.5, 0.6) is 0 Å². The molecular weight excluding hydrogens is 828 g/mol. The highest BCUT2D eigenvalue weighted by atomic mass is 19.4. The molecule has 0 aromatic heterocycles. The van der Waals surface area contributed by atoms with Crippen LogP contribution in [0.4, 0.5) is 24.5 Å². The highest BCUT2D eigenvalue weighted by Crippen LogP contribution is 2.32. The largest absolute Gasteiger partial charge is 0.460 e. The molecule has 63 heavy (non-hydrogen) atoms. The average Bonchev–Trinajstić information content (AvgIpc) is 3.28. The molecular formula is C47H76F3NO12. The van der Waals surface area contributed by atoms with E-state index in [1.165, 1.54) is 82.4 Å². The molecule has 0 atom stereocenters. The van der Waals surface area contributed by atoms with Crippen molar-refractivity contribution >= 4 is 17.3 Å². The number of nitrogens with one attached hydrogen (secondary N) is 1. The van der Waals surface area contributed by atoms with E-state index in [4.69, 9.17) is 52.1 Å². The van der Waals surface area contributed by atoms with E-state index in [1.807, 2.05) is 0 Å². The van der Waals surface area contributed by atoms with Crippen LogP contribution in [0, 0.1) is 0 Å². The maximum atomic E-state index is 13.1. The van der Waals surface area contributed by atoms with Gasteiger partial charge >= 0.3 is 12.1 Å². The first-order valence-corrected chi connectivity index (χ1v) is 22.9. The standard InChI is InChI=1S/C47H76F3NO12/c1-2-3-4-5-6-7-8-9-10-11-14-20-53-21-22-54-23-24-55-25-26-56-27-28-57-29-30-58-31-32-59-33-34-60-35-36-61-37-38-62-39-40-63-46(52)44-18-12-13-19-45(44)51-43-17-15-16-42(41-43)47(48,49)50/h12-13,15-19,41,51H,2-11,14,20-40H2,1H3. The predicted molar refractivity (Wildman–Crippen MR) is 236 cm³/mol. The third-order valence-corrected chi connectivity index (χ3v) is 9.32. The topological polar surface area (TPSA) is 131 Å². The van der Waals surface area contributed by atoms with Gasteiger partial charge in [-0.1, -0.05) is 89.3 Å². The SMILES string of the molecule is CCCCCCCCCCCCCOCCOCCOCCOCCOCCOCCOCCOCCOCCOCCOC(=O)c1ccccc1Nc1cccc(C(F)(F)F)c1. The Morgan fingerprint density at radius 2 is 0.810 bits per heavy atom. The van der Waals surface area contributed by atoms with Gasteiger partial charge in [0.15, 0.2) is 0 Å². The third-order valence-electron chi connectivity index (χ3n) is 9.32. The number of unbranched alkanes of at least 4 members (excludes halogenated alkanes) is 10. The lowest BCUT2D eigenvalue weighted by Gasteiger charge is -2.13. The zero-order valence-corrected chi connectivity index (χ0v) is 37.8. The van der Waals surface area contributed by atoms with Gasteiger partial charge in [-0.05, 0) is 36.8 Å². The number of alkyl halides is 3. The van der Waals surface area contributed by atoms with Crippen molar-refractivity contribution in [2.24, 2.45) is 0 Å². The van der Waals surface area contributed by atoms with E-state index in [2.05, 4.69) is 12.2 Å². The Morgan fingerprint density at radius 3 is 1.22 bits per heavy atom. The van der Waals surface area contributed by atoms with Crippen molar-refractivity contribution in [1.82, 2.24) is 0 Å². The minimum absolute atomic E-state index is 0.000689. The fraction of sp³-hybridized carbons (Fsp3) is 0.723. The lowest BCUT2D eigenvalue weighted by atomic mass is 10.1. The molecule has 2 aromatic carbocycles. The Hall–Kier alpha value is -2.90. The molecule has 16 heteroatoms. The number of esters is 1. The quantitative estimate of drug-likeness (QED) is 0.0502. The van der Waals surface area contributed by atoms with E-state index in [0.29, 0.717) is 125 Å². The summed E-state index contributed by atoms with van der Waals surface area (Å²) in [5, 5.41) is 2.86. The number of hydrogen-bond donors (Lipinski definition) is 1. The molecule has 0 bridgehead atoms. The molecule has 2 rings (SSSR count). The van der Waals surface area contributed by atoms with E-state index < -0.39 is 17.7 Å². The normalized spacial score (nSPS) is 11.7. The van der Waals surface area contributed by atoms with Crippen LogP contribution in [-0.2, 0) is 58.3 Å². The highest BCUT2D eigenvalue weighted by Gasteiger charge is 2.30. The van der Waals surface area contributed by atoms with Crippen molar-refractivity contribution in [3.63, 3.8) is 0 Å². The monoisotopic (exact) mass is 904 g/mol. The number of halogens is 3. The third kappa shape index (κ3) is 33.3. The number of ether oxygens (including phenoxy) is 11. The Kier molecular flexibility index (Phi) is 36.2. The van der Waals surface area contributed by atoms with Gasteiger partial charge in [-0.25, -0.2) is 4.79 Å². The average molecular weight is 904 g/mol. The smallest absolute Gasteiger partial charge is 0.416 e. The fourth-order valence-corrected chi connectivity index (χ4v) is 5.92. The first-order valence-electron chi connectivity index (χ1n) is 22.9. The molecule has 0 aliphatic rings. The number of benzene rings is 2. The van der Waals surface area contributed by atoms with Gasteiger partial charge < -0.3 is 57.4 Å². The van der Waals surface area contributed by atoms with Crippen molar-refractivity contribution < 1.29 is 70.1 Å². The van der Waals surface area contributed by atoms with Crippen LogP contribution in [0.1, 0.15) is 93.5 Å². The molecule has 0 saturated carbocycles. The van der Waals surface area contributed by atoms with Crippen molar-refractivity contribution in [1.29, 1.82) is 0 Å². The van der Waals surface area contributed by atoms with Crippen molar-refractivity contribution in [3.05, 3.63) is 59.7 Å². The maximum absolute atomic E-state index is 13.1. The van der Waals surface area contributed by atoms with Crippen molar-refractivity contribution in [2.75, 3.05) is 144 Å². The minimum Gasteiger partial charge on any atom is -0.460 e. The minimum atomic E-state index is -4.48. The molecule has 0 fully saturated rings. The Morgan fingerprint density at radius 1 is 0.444 bits per heavy atom. The van der Waals surface area contributed by atoms with Crippen LogP contribution in [0.15, 0.2) is 48.5 Å². The second-order valence-electron chi connectivity index (χ2n) is 14.5. The maximum Gasteiger partial charge on any atom is 0.416 e. The van der Waals surface area contributed by atoms with Gasteiger partial charge in [-0.2, -0.15) is 13.2 Å². The number of hydrogen-bond acceptors (Lipinski definition) is 13. The molecule has 0 aliphatic heterocycles. The summed E-state index contributed by atoms with van der Waals surface area (Å²) in [7, 11) is 0. The summed E-state index contributed by atoms with van der Waals surface area (Å²) < 4.78 is 99.7. The number of anilines is 2. The summed E-state index contributed by atoms with van der Waals surface area (Å²) in [4.78, 5) is 12.6. The first-order chi connectivity index (χ1) is 30.9. The Labute approximate surface area is 374 Å². The highest BCUT2D eigenvalue weighted by molar-refractivity contribution is 5.96. The van der Waals surface area contributed by atoms with Gasteiger partial charge in [0.25, 0.3) is 0 Å². The molecule has 0 aliphatic carbocycles. The molecule has 2 aromatic rings. The van der Waals surface area contributed by atoms with Gasteiger partial charge in [0.1, 0.15) is 6.61 Å². The van der Waals surface area contributed by atoms with E-state index in [9.17, 15) is 18.0 Å². The van der Waals surface area contributed by atoms with Crippen LogP contribution in [0.2, 0.25) is 0 Å². The van der Waals surface area contributed by atoms with E-state index >= 15 is 0 Å². The summed E-state index contributed by atoms with van der Waals surface area (Å²) in [5.74, 6) is -0.627. The van der Waals surface area contributed by atoms with Crippen LogP contribution >= 0.6 is 0 Å². The molecule has 0 amide bonds. The molecule has 1 N–H and O–H groups in total. The van der Waals surface area contributed by atoms with Gasteiger partial charge in [-0.3, -0.25) is 0 Å². The molecule has 0 unspecified atom stereocenters.